The minimum Gasteiger partial charge on any atom is -0.293 e. The van der Waals surface area contributed by atoms with Crippen molar-refractivity contribution in [1.82, 2.24) is 8.75 Å². The zero-order chi connectivity index (χ0) is 30.6. The van der Waals surface area contributed by atoms with Crippen LogP contribution < -0.4 is 0 Å². The van der Waals surface area contributed by atoms with E-state index in [1.165, 1.54) is 86.0 Å². The number of nitrogens with zero attached hydrogens (tertiary/aromatic N) is 3. The molecule has 0 saturated carbocycles. The number of halogens is 2. The lowest BCUT2D eigenvalue weighted by Crippen LogP contribution is -2.23. The molecule has 228 valence electrons. The van der Waals surface area contributed by atoms with Gasteiger partial charge in [-0.3, -0.25) is 4.79 Å². The molecule has 0 fully saturated rings. The van der Waals surface area contributed by atoms with Crippen LogP contribution in [-0.4, -0.2) is 19.3 Å². The van der Waals surface area contributed by atoms with Gasteiger partial charge in [0.1, 0.15) is 22.1 Å². The second-order valence-corrected chi connectivity index (χ2v) is 16.9. The van der Waals surface area contributed by atoms with Gasteiger partial charge in [-0.15, -0.1) is 22.7 Å². The number of ketones is 1. The van der Waals surface area contributed by atoms with Crippen molar-refractivity contribution in [2.45, 2.75) is 83.5 Å². The van der Waals surface area contributed by atoms with Crippen LogP contribution in [0.3, 0.4) is 0 Å². The average Bonchev–Trinajstić information content (AvgIpc) is 3.81. The Hall–Kier alpha value is -2.11. The van der Waals surface area contributed by atoms with E-state index in [-0.39, 0.29) is 5.78 Å². The van der Waals surface area contributed by atoms with Crippen molar-refractivity contribution in [2.24, 2.45) is 0 Å². The van der Waals surface area contributed by atoms with E-state index < -0.39 is 5.92 Å². The second-order valence-electron chi connectivity index (χ2n) is 11.4. The first kappa shape index (κ1) is 31.9. The van der Waals surface area contributed by atoms with Gasteiger partial charge in [0.15, 0.2) is 5.78 Å². The number of carbonyl (C=O) groups excluding carboxylic acids is 1. The average molecular weight is 773 g/mol. The number of hydrogen-bond acceptors (Lipinski definition) is 7. The summed E-state index contributed by atoms with van der Waals surface area (Å²) in [6, 6.07) is 16.0. The smallest absolute Gasteiger partial charge is 0.291 e. The first-order valence-corrected chi connectivity index (χ1v) is 19.4. The van der Waals surface area contributed by atoms with Crippen LogP contribution in [-0.2, 0) is 11.2 Å². The molecule has 44 heavy (non-hydrogen) atoms. The maximum Gasteiger partial charge on any atom is 0.291 e. The summed E-state index contributed by atoms with van der Waals surface area (Å²) in [6.45, 7) is 2.26. The molecule has 0 amide bonds. The third-order valence-electron chi connectivity index (χ3n) is 8.39. The zero-order valence-electron chi connectivity index (χ0n) is 24.6. The Kier molecular flexibility index (Phi) is 10.5. The van der Waals surface area contributed by atoms with Gasteiger partial charge in [-0.25, -0.2) is 0 Å². The van der Waals surface area contributed by atoms with Crippen LogP contribution >= 0.6 is 66.3 Å². The van der Waals surface area contributed by atoms with Crippen LogP contribution in [0.4, 0.5) is 0 Å². The third kappa shape index (κ3) is 6.56. The molecule has 1 aliphatic carbocycles. The molecule has 0 saturated heterocycles. The Labute approximate surface area is 287 Å². The number of unbranched alkanes of at least 4 members (excludes halogenated alkanes) is 9. The summed E-state index contributed by atoms with van der Waals surface area (Å²) < 4.78 is 12.1. The SMILES string of the molecule is CCCCCCCCCCCCc1ccc(C2=C3C(=O)C(c4ccc(Br)s4)c4nsnc4C3=C(c3ccc(Br)s3)[N+]2=O)cc1. The van der Waals surface area contributed by atoms with Crippen LogP contribution in [0.1, 0.15) is 109 Å². The van der Waals surface area contributed by atoms with E-state index in [4.69, 9.17) is 0 Å². The standard InChI is InChI=1S/C34H34Br2N3O2S3/c1-2-3-4-5-6-7-8-9-10-11-12-21-13-15-22(16-14-21)32-29-28(33(39(32)41)24-18-20-26(36)43-24)31-30(37-44-38-31)27(34(29)40)23-17-19-25(35)42-23/h13-20,27H,2-12H2,1H3/q+1. The molecule has 0 bridgehead atoms. The highest BCUT2D eigenvalue weighted by molar-refractivity contribution is 9.11. The Balaban J connectivity index is 1.24. The summed E-state index contributed by atoms with van der Waals surface area (Å²) in [4.78, 5) is 30.4. The maximum atomic E-state index is 14.4. The molecule has 0 spiro atoms. The highest BCUT2D eigenvalue weighted by Gasteiger charge is 2.53. The summed E-state index contributed by atoms with van der Waals surface area (Å²) in [5.41, 5.74) is 5.16. The van der Waals surface area contributed by atoms with Gasteiger partial charge < -0.3 is 0 Å². The molecular weight excluding hydrogens is 738 g/mol. The minimum absolute atomic E-state index is 0.106. The molecule has 1 aromatic carbocycles. The fourth-order valence-electron chi connectivity index (χ4n) is 6.17. The number of aromatic nitrogens is 2. The minimum atomic E-state index is -0.591. The van der Waals surface area contributed by atoms with E-state index in [1.807, 2.05) is 36.4 Å². The highest BCUT2D eigenvalue weighted by atomic mass is 79.9. The van der Waals surface area contributed by atoms with E-state index in [0.717, 1.165) is 52.2 Å². The number of rotatable bonds is 14. The van der Waals surface area contributed by atoms with Crippen molar-refractivity contribution in [3.05, 3.63) is 98.9 Å². The molecule has 2 aliphatic rings. The van der Waals surface area contributed by atoms with E-state index in [9.17, 15) is 9.70 Å². The molecule has 3 aromatic heterocycles. The number of aryl methyl sites for hydroxylation is 1. The zero-order valence-corrected chi connectivity index (χ0v) is 30.2. The molecule has 1 atom stereocenters. The van der Waals surface area contributed by atoms with Crippen molar-refractivity contribution in [3.8, 4) is 0 Å². The van der Waals surface area contributed by atoms with E-state index in [0.29, 0.717) is 33.9 Å². The first-order valence-electron chi connectivity index (χ1n) is 15.4. The second kappa shape index (κ2) is 14.5. The summed E-state index contributed by atoms with van der Waals surface area (Å²) in [5.74, 6) is -0.697. The Bertz CT molecular complexity index is 1730. The van der Waals surface area contributed by atoms with E-state index in [1.54, 1.807) is 0 Å². The largest absolute Gasteiger partial charge is 0.293 e. The number of nitroso groups, excluding NO2 is 1. The molecule has 0 radical (unpaired) electrons. The monoisotopic (exact) mass is 770 g/mol. The fraction of sp³-hybridized carbons (Fsp3) is 0.382. The molecule has 1 unspecified atom stereocenters. The number of fused-ring (bicyclic) bond motifs is 3. The van der Waals surface area contributed by atoms with Crippen LogP contribution in [0.5, 0.6) is 0 Å². The van der Waals surface area contributed by atoms with Gasteiger partial charge in [-0.1, -0.05) is 76.8 Å². The lowest BCUT2D eigenvalue weighted by molar-refractivity contribution is -0.343. The van der Waals surface area contributed by atoms with Crippen molar-refractivity contribution in [1.29, 1.82) is 0 Å². The summed E-state index contributed by atoms with van der Waals surface area (Å²) in [6.07, 6.45) is 14.2. The molecule has 0 N–H and O–H groups in total. The lowest BCUT2D eigenvalue weighted by atomic mass is 9.79. The third-order valence-corrected chi connectivity index (χ3v) is 12.3. The predicted octanol–water partition coefficient (Wildman–Crippen LogP) is 11.4. The van der Waals surface area contributed by atoms with Gasteiger partial charge in [0.25, 0.3) is 11.4 Å². The number of hydrogen-bond donors (Lipinski definition) is 0. The number of Topliss-reactive ketones (excluding diaryl/α,β-unsaturated/α-hetero) is 1. The van der Waals surface area contributed by atoms with Crippen LogP contribution in [0, 0.1) is 4.91 Å². The number of thiophene rings is 2. The van der Waals surface area contributed by atoms with Crippen molar-refractivity contribution >= 4 is 89.0 Å². The molecule has 4 heterocycles. The van der Waals surface area contributed by atoms with Crippen molar-refractivity contribution in [3.63, 3.8) is 0 Å². The van der Waals surface area contributed by atoms with E-state index >= 15 is 0 Å². The lowest BCUT2D eigenvalue weighted by Gasteiger charge is -2.19. The molecular formula is C34H34Br2N3O2S3+. The quantitative estimate of drug-likeness (QED) is 0.0946. The molecule has 10 heteroatoms. The summed E-state index contributed by atoms with van der Waals surface area (Å²) >= 11 is 11.2. The Morgan fingerprint density at radius 3 is 2.05 bits per heavy atom. The molecule has 4 aromatic rings. The topological polar surface area (TPSA) is 62.9 Å². The van der Waals surface area contributed by atoms with Crippen molar-refractivity contribution in [2.75, 3.05) is 0 Å². The van der Waals surface area contributed by atoms with Gasteiger partial charge in [-0.05, 0) is 86.7 Å². The first-order chi connectivity index (χ1) is 21.5. The maximum absolute atomic E-state index is 14.4. The Morgan fingerprint density at radius 2 is 1.41 bits per heavy atom. The van der Waals surface area contributed by atoms with Crippen molar-refractivity contribution < 1.29 is 9.55 Å². The van der Waals surface area contributed by atoms with E-state index in [2.05, 4.69) is 59.7 Å². The number of carbonyl (C=O) groups is 1. The normalized spacial score (nSPS) is 16.3. The molecule has 1 aliphatic heterocycles. The predicted molar refractivity (Wildman–Crippen MR) is 190 cm³/mol. The molecule has 6 rings (SSSR count). The Morgan fingerprint density at radius 1 is 0.750 bits per heavy atom. The summed E-state index contributed by atoms with van der Waals surface area (Å²) in [7, 11) is 0. The van der Waals surface area contributed by atoms with Gasteiger partial charge in [0.2, 0.25) is 0 Å². The van der Waals surface area contributed by atoms with Gasteiger partial charge in [0, 0.05) is 9.78 Å². The van der Waals surface area contributed by atoms with Crippen LogP contribution in [0.15, 0.2) is 61.7 Å². The van der Waals surface area contributed by atoms with Gasteiger partial charge in [0.05, 0.1) is 40.9 Å². The number of benzene rings is 1. The van der Waals surface area contributed by atoms with Crippen LogP contribution in [0.25, 0.3) is 17.0 Å². The highest BCUT2D eigenvalue weighted by Crippen LogP contribution is 2.53. The fourth-order valence-corrected chi connectivity index (χ4v) is 9.70. The molecule has 5 nitrogen and oxygen atoms in total. The van der Waals surface area contributed by atoms with Gasteiger partial charge in [-0.2, -0.15) is 8.75 Å². The summed E-state index contributed by atoms with van der Waals surface area (Å²) in [5, 5.41) is 0. The van der Waals surface area contributed by atoms with Gasteiger partial charge >= 0.3 is 0 Å². The van der Waals surface area contributed by atoms with Crippen LogP contribution in [0.2, 0.25) is 0 Å². The number of allylic oxidation sites excluding steroid dienone is 2.